The monoisotopic (exact) mass is 316 g/mol. The molecule has 0 radical (unpaired) electrons. The van der Waals surface area contributed by atoms with E-state index in [1.165, 1.54) is 0 Å². The van der Waals surface area contributed by atoms with Crippen LogP contribution < -0.4 is 22.1 Å². The summed E-state index contributed by atoms with van der Waals surface area (Å²) in [6, 6.07) is -1.65. The third kappa shape index (κ3) is 9.30. The quantitative estimate of drug-likeness (QED) is 0.314. The van der Waals surface area contributed by atoms with Crippen molar-refractivity contribution in [2.45, 2.75) is 51.6 Å². The van der Waals surface area contributed by atoms with E-state index in [4.69, 9.17) is 16.6 Å². The van der Waals surface area contributed by atoms with E-state index in [0.29, 0.717) is 19.4 Å². The first-order valence-corrected chi connectivity index (χ1v) is 7.53. The zero-order valence-corrected chi connectivity index (χ0v) is 13.3. The molecule has 0 aliphatic heterocycles. The van der Waals surface area contributed by atoms with Crippen LogP contribution in [0.15, 0.2) is 0 Å². The summed E-state index contributed by atoms with van der Waals surface area (Å²) in [5.41, 5.74) is 11.0. The summed E-state index contributed by atoms with van der Waals surface area (Å²) in [7, 11) is 0. The average molecular weight is 316 g/mol. The van der Waals surface area contributed by atoms with Crippen molar-refractivity contribution >= 4 is 17.8 Å². The number of hydrogen-bond donors (Lipinski definition) is 5. The Bertz CT molecular complexity index is 374. The van der Waals surface area contributed by atoms with E-state index in [1.807, 2.05) is 13.8 Å². The van der Waals surface area contributed by atoms with Gasteiger partial charge in [0.2, 0.25) is 11.8 Å². The van der Waals surface area contributed by atoms with Crippen LogP contribution in [0.25, 0.3) is 0 Å². The van der Waals surface area contributed by atoms with Crippen LogP contribution in [0.1, 0.15) is 39.5 Å². The van der Waals surface area contributed by atoms with Crippen molar-refractivity contribution in [3.05, 3.63) is 0 Å². The van der Waals surface area contributed by atoms with Crippen LogP contribution in [-0.2, 0) is 14.4 Å². The summed E-state index contributed by atoms with van der Waals surface area (Å²) in [5.74, 6) is -1.93. The van der Waals surface area contributed by atoms with E-state index in [1.54, 1.807) is 0 Å². The molecule has 0 aliphatic carbocycles. The summed E-state index contributed by atoms with van der Waals surface area (Å²) < 4.78 is 0. The Balaban J connectivity index is 4.14. The number of nitrogens with one attached hydrogen (secondary N) is 2. The second-order valence-corrected chi connectivity index (χ2v) is 5.70. The summed E-state index contributed by atoms with van der Waals surface area (Å²) in [6.07, 6.45) is 2.35. The summed E-state index contributed by atoms with van der Waals surface area (Å²) >= 11 is 0. The van der Waals surface area contributed by atoms with Gasteiger partial charge in [0.05, 0.1) is 12.6 Å². The second-order valence-electron chi connectivity index (χ2n) is 5.70. The molecule has 0 aromatic carbocycles. The number of carbonyl (C=O) groups excluding carboxylic acids is 2. The Morgan fingerprint density at radius 3 is 2.32 bits per heavy atom. The lowest BCUT2D eigenvalue weighted by Gasteiger charge is -2.17. The van der Waals surface area contributed by atoms with E-state index >= 15 is 0 Å². The third-order valence-electron chi connectivity index (χ3n) is 3.07. The fourth-order valence-corrected chi connectivity index (χ4v) is 1.88. The molecule has 22 heavy (non-hydrogen) atoms. The molecule has 8 heteroatoms. The van der Waals surface area contributed by atoms with Gasteiger partial charge in [-0.05, 0) is 31.7 Å². The predicted octanol–water partition coefficient (Wildman–Crippen LogP) is -0.826. The molecule has 128 valence electrons. The van der Waals surface area contributed by atoms with E-state index < -0.39 is 29.9 Å². The highest BCUT2D eigenvalue weighted by Gasteiger charge is 2.21. The number of carbonyl (C=O) groups is 3. The van der Waals surface area contributed by atoms with Gasteiger partial charge < -0.3 is 27.2 Å². The summed E-state index contributed by atoms with van der Waals surface area (Å²) in [4.78, 5) is 34.4. The van der Waals surface area contributed by atoms with Gasteiger partial charge in [0, 0.05) is 0 Å². The third-order valence-corrected chi connectivity index (χ3v) is 3.07. The molecule has 0 bridgehead atoms. The minimum Gasteiger partial charge on any atom is -0.480 e. The Hall–Kier alpha value is -1.67. The highest BCUT2D eigenvalue weighted by molar-refractivity contribution is 5.89. The molecule has 2 amide bonds. The molecule has 0 saturated heterocycles. The van der Waals surface area contributed by atoms with Crippen LogP contribution in [-0.4, -0.2) is 48.1 Å². The molecule has 0 saturated carbocycles. The second kappa shape index (κ2) is 11.0. The number of carboxylic acids is 1. The van der Waals surface area contributed by atoms with Gasteiger partial charge in [-0.25, -0.2) is 4.79 Å². The van der Waals surface area contributed by atoms with Gasteiger partial charge in [-0.1, -0.05) is 20.3 Å². The van der Waals surface area contributed by atoms with Crippen LogP contribution >= 0.6 is 0 Å². The average Bonchev–Trinajstić information content (AvgIpc) is 2.43. The molecule has 0 aliphatic rings. The van der Waals surface area contributed by atoms with Crippen LogP contribution in [0.2, 0.25) is 0 Å². The number of rotatable bonds is 11. The topological polar surface area (TPSA) is 148 Å². The first kappa shape index (κ1) is 20.3. The Morgan fingerprint density at radius 1 is 1.18 bits per heavy atom. The number of amides is 2. The molecule has 0 unspecified atom stereocenters. The normalized spacial score (nSPS) is 13.5. The smallest absolute Gasteiger partial charge is 0.326 e. The van der Waals surface area contributed by atoms with Crippen molar-refractivity contribution < 1.29 is 19.5 Å². The van der Waals surface area contributed by atoms with Crippen molar-refractivity contribution in [3.63, 3.8) is 0 Å². The lowest BCUT2D eigenvalue weighted by Crippen LogP contribution is -2.48. The maximum absolute atomic E-state index is 11.7. The van der Waals surface area contributed by atoms with E-state index in [0.717, 1.165) is 12.8 Å². The molecule has 0 spiro atoms. The fourth-order valence-electron chi connectivity index (χ4n) is 1.88. The van der Waals surface area contributed by atoms with Gasteiger partial charge in [0.25, 0.3) is 0 Å². The minimum atomic E-state index is -1.09. The van der Waals surface area contributed by atoms with Gasteiger partial charge in [0.1, 0.15) is 6.04 Å². The Morgan fingerprint density at radius 2 is 1.82 bits per heavy atom. The van der Waals surface area contributed by atoms with Gasteiger partial charge >= 0.3 is 5.97 Å². The Kier molecular flexibility index (Phi) is 10.1. The van der Waals surface area contributed by atoms with Crippen molar-refractivity contribution in [1.29, 1.82) is 0 Å². The van der Waals surface area contributed by atoms with Crippen molar-refractivity contribution in [3.8, 4) is 0 Å². The Labute approximate surface area is 131 Å². The van der Waals surface area contributed by atoms with Crippen molar-refractivity contribution in [2.24, 2.45) is 17.4 Å². The van der Waals surface area contributed by atoms with E-state index in [-0.39, 0.29) is 12.5 Å². The van der Waals surface area contributed by atoms with Crippen LogP contribution in [0.5, 0.6) is 0 Å². The van der Waals surface area contributed by atoms with Crippen LogP contribution in [0, 0.1) is 5.92 Å². The first-order valence-electron chi connectivity index (χ1n) is 7.53. The number of hydrogen-bond acceptors (Lipinski definition) is 5. The van der Waals surface area contributed by atoms with E-state index in [2.05, 4.69) is 10.6 Å². The lowest BCUT2D eigenvalue weighted by atomic mass is 10.0. The number of unbranched alkanes of at least 4 members (excludes halogenated alkanes) is 1. The lowest BCUT2D eigenvalue weighted by molar-refractivity contribution is -0.142. The van der Waals surface area contributed by atoms with Crippen LogP contribution in [0.3, 0.4) is 0 Å². The van der Waals surface area contributed by atoms with Gasteiger partial charge in [0.15, 0.2) is 0 Å². The van der Waals surface area contributed by atoms with E-state index in [9.17, 15) is 14.4 Å². The van der Waals surface area contributed by atoms with Gasteiger partial charge in [-0.15, -0.1) is 0 Å². The molecule has 0 rings (SSSR count). The number of aliphatic carboxylic acids is 1. The molecule has 0 aromatic rings. The molecule has 0 aromatic heterocycles. The van der Waals surface area contributed by atoms with Crippen LogP contribution in [0.4, 0.5) is 0 Å². The molecule has 2 atom stereocenters. The maximum Gasteiger partial charge on any atom is 0.326 e. The zero-order valence-electron chi connectivity index (χ0n) is 13.3. The van der Waals surface area contributed by atoms with Gasteiger partial charge in [-0.3, -0.25) is 9.59 Å². The number of carboxylic acid groups (broad SMARTS) is 1. The predicted molar refractivity (Wildman–Crippen MR) is 82.9 cm³/mol. The molecule has 0 heterocycles. The summed E-state index contributed by atoms with van der Waals surface area (Å²) in [5, 5.41) is 13.8. The molecule has 0 fully saturated rings. The first-order chi connectivity index (χ1) is 10.3. The summed E-state index contributed by atoms with van der Waals surface area (Å²) in [6.45, 7) is 3.99. The van der Waals surface area contributed by atoms with Crippen molar-refractivity contribution in [1.82, 2.24) is 10.6 Å². The highest BCUT2D eigenvalue weighted by Crippen LogP contribution is 2.04. The largest absolute Gasteiger partial charge is 0.480 e. The highest BCUT2D eigenvalue weighted by atomic mass is 16.4. The van der Waals surface area contributed by atoms with Crippen molar-refractivity contribution in [2.75, 3.05) is 13.1 Å². The minimum absolute atomic E-state index is 0.131. The standard InChI is InChI=1S/C14H28N4O4/c1-9(2)7-11(14(21)22)18-12(19)8-17-13(20)10(16)5-3-4-6-15/h9-11H,3-8,15-16H2,1-2H3,(H,17,20)(H,18,19)(H,21,22)/t10-,11-/m0/s1. The molecule has 8 nitrogen and oxygen atoms in total. The SMILES string of the molecule is CC(C)C[C@H](NC(=O)CNC(=O)[C@@H](N)CCCCN)C(=O)O. The number of nitrogens with two attached hydrogens (primary N) is 2. The zero-order chi connectivity index (χ0) is 17.1. The van der Waals surface area contributed by atoms with Gasteiger partial charge in [-0.2, -0.15) is 0 Å². The molecule has 7 N–H and O–H groups in total. The maximum atomic E-state index is 11.7. The fraction of sp³-hybridized carbons (Fsp3) is 0.786. The molecular formula is C14H28N4O4. The molecular weight excluding hydrogens is 288 g/mol.